The zero-order chi connectivity index (χ0) is 25.2. The maximum absolute atomic E-state index is 12.9. The van der Waals surface area contributed by atoms with E-state index in [4.69, 9.17) is 25.8 Å². The zero-order valence-electron chi connectivity index (χ0n) is 19.7. The Kier molecular flexibility index (Phi) is 6.71. The van der Waals surface area contributed by atoms with E-state index in [0.717, 1.165) is 10.9 Å². The summed E-state index contributed by atoms with van der Waals surface area (Å²) in [7, 11) is 0. The molecular weight excluding hydrogens is 482 g/mol. The number of nitrogens with zero attached hydrogens (tertiary/aromatic N) is 3. The van der Waals surface area contributed by atoms with E-state index in [9.17, 15) is 9.59 Å². The molecule has 2 aromatic carbocycles. The van der Waals surface area contributed by atoms with Gasteiger partial charge in [-0.25, -0.2) is 19.6 Å². The van der Waals surface area contributed by atoms with Crippen molar-refractivity contribution in [1.29, 1.82) is 0 Å². The summed E-state index contributed by atoms with van der Waals surface area (Å²) in [5.41, 5.74) is 2.36. The van der Waals surface area contributed by atoms with E-state index in [0.29, 0.717) is 21.9 Å². The fourth-order valence-electron chi connectivity index (χ4n) is 4.52. The molecule has 1 aliphatic rings. The van der Waals surface area contributed by atoms with E-state index < -0.39 is 30.4 Å². The average molecular weight is 506 g/mol. The van der Waals surface area contributed by atoms with Crippen LogP contribution >= 0.6 is 11.6 Å². The molecule has 0 spiro atoms. The Balaban J connectivity index is 1.43. The van der Waals surface area contributed by atoms with E-state index in [2.05, 4.69) is 9.97 Å². The number of fused-ring (bicyclic) bond motifs is 1. The minimum Gasteiger partial charge on any atom is -0.459 e. The van der Waals surface area contributed by atoms with Crippen LogP contribution in [0.15, 0.2) is 73.2 Å². The third kappa shape index (κ3) is 4.57. The summed E-state index contributed by atoms with van der Waals surface area (Å²) < 4.78 is 19.7. The first-order valence-electron chi connectivity index (χ1n) is 11.6. The Hall–Kier alpha value is -3.75. The van der Waals surface area contributed by atoms with Gasteiger partial charge in [0, 0.05) is 12.1 Å². The lowest BCUT2D eigenvalue weighted by molar-refractivity contribution is -0.0566. The molecule has 0 radical (unpaired) electrons. The molecule has 2 aromatic heterocycles. The Labute approximate surface area is 212 Å². The molecule has 3 heterocycles. The van der Waals surface area contributed by atoms with Gasteiger partial charge in [0.1, 0.15) is 42.2 Å². The third-order valence-corrected chi connectivity index (χ3v) is 6.60. The number of esters is 2. The summed E-state index contributed by atoms with van der Waals surface area (Å²) in [6.45, 7) is 3.76. The number of halogens is 1. The first-order chi connectivity index (χ1) is 17.4. The molecule has 0 bridgehead atoms. The molecule has 4 atom stereocenters. The van der Waals surface area contributed by atoms with E-state index >= 15 is 0 Å². The van der Waals surface area contributed by atoms with Crippen LogP contribution in [0.25, 0.3) is 11.0 Å². The molecule has 1 aliphatic heterocycles. The highest BCUT2D eigenvalue weighted by atomic mass is 35.5. The SMILES string of the molecule is Cc1cn(C2OC(COC(=O)c3ccccc3)C(OC(=O)c3ccccc3)C2C)c2ncnc(Cl)c12. The lowest BCUT2D eigenvalue weighted by Gasteiger charge is -2.22. The highest BCUT2D eigenvalue weighted by molar-refractivity contribution is 6.34. The summed E-state index contributed by atoms with van der Waals surface area (Å²) in [4.78, 5) is 34.0. The highest BCUT2D eigenvalue weighted by Crippen LogP contribution is 2.40. The molecule has 4 unspecified atom stereocenters. The standard InChI is InChI=1S/C27H24ClN3O5/c1-16-13-31(24-21(16)23(28)29-15-30-24)25-17(2)22(36-27(33)19-11-7-4-8-12-19)20(35-25)14-34-26(32)18-9-5-3-6-10-18/h3-13,15,17,20,22,25H,14H2,1-2H3. The number of hydrogen-bond acceptors (Lipinski definition) is 7. The summed E-state index contributed by atoms with van der Waals surface area (Å²) in [6, 6.07) is 17.4. The Morgan fingerprint density at radius 2 is 1.64 bits per heavy atom. The first-order valence-corrected chi connectivity index (χ1v) is 11.9. The van der Waals surface area contributed by atoms with Crippen LogP contribution < -0.4 is 0 Å². The van der Waals surface area contributed by atoms with Crippen molar-refractivity contribution in [2.45, 2.75) is 32.3 Å². The van der Waals surface area contributed by atoms with Gasteiger partial charge in [0.25, 0.3) is 0 Å². The number of aromatic nitrogens is 3. The van der Waals surface area contributed by atoms with Gasteiger partial charge < -0.3 is 18.8 Å². The second-order valence-electron chi connectivity index (χ2n) is 8.71. The summed E-state index contributed by atoms with van der Waals surface area (Å²) in [5.74, 6) is -1.25. The lowest BCUT2D eigenvalue weighted by atomic mass is 10.0. The fourth-order valence-corrected chi connectivity index (χ4v) is 4.79. The fraction of sp³-hybridized carbons (Fsp3) is 0.259. The van der Waals surface area contributed by atoms with Gasteiger partial charge in [-0.15, -0.1) is 0 Å². The number of ether oxygens (including phenoxy) is 3. The number of rotatable bonds is 6. The topological polar surface area (TPSA) is 92.5 Å². The molecule has 8 nitrogen and oxygen atoms in total. The Morgan fingerprint density at radius 1 is 1.00 bits per heavy atom. The second-order valence-corrected chi connectivity index (χ2v) is 9.07. The third-order valence-electron chi connectivity index (χ3n) is 6.32. The zero-order valence-corrected chi connectivity index (χ0v) is 20.5. The monoisotopic (exact) mass is 505 g/mol. The van der Waals surface area contributed by atoms with Gasteiger partial charge in [0.15, 0.2) is 0 Å². The van der Waals surface area contributed by atoms with Crippen LogP contribution in [0.1, 0.15) is 39.4 Å². The normalized spacial score (nSPS) is 21.4. The Bertz CT molecular complexity index is 1390. The predicted octanol–water partition coefficient (Wildman–Crippen LogP) is 5.01. The van der Waals surface area contributed by atoms with Crippen molar-refractivity contribution in [3.63, 3.8) is 0 Å². The van der Waals surface area contributed by atoms with Crippen LogP contribution in [0.3, 0.4) is 0 Å². The molecular formula is C27H24ClN3O5. The second kappa shape index (κ2) is 10.1. The van der Waals surface area contributed by atoms with Crippen LogP contribution in [0.2, 0.25) is 5.15 Å². The van der Waals surface area contributed by atoms with Gasteiger partial charge in [-0.05, 0) is 36.8 Å². The van der Waals surface area contributed by atoms with Crippen LogP contribution in [-0.4, -0.2) is 45.3 Å². The maximum atomic E-state index is 12.9. The van der Waals surface area contributed by atoms with Crippen molar-refractivity contribution in [2.75, 3.05) is 6.61 Å². The van der Waals surface area contributed by atoms with Crippen LogP contribution in [-0.2, 0) is 14.2 Å². The largest absolute Gasteiger partial charge is 0.459 e. The van der Waals surface area contributed by atoms with Crippen molar-refractivity contribution < 1.29 is 23.8 Å². The van der Waals surface area contributed by atoms with Gasteiger partial charge in [-0.3, -0.25) is 0 Å². The van der Waals surface area contributed by atoms with Crippen molar-refractivity contribution in [3.8, 4) is 0 Å². The molecule has 184 valence electrons. The van der Waals surface area contributed by atoms with E-state index in [-0.39, 0.29) is 12.5 Å². The smallest absolute Gasteiger partial charge is 0.338 e. The number of aryl methyl sites for hydroxylation is 1. The van der Waals surface area contributed by atoms with Gasteiger partial charge in [0.05, 0.1) is 16.5 Å². The molecule has 0 amide bonds. The van der Waals surface area contributed by atoms with Gasteiger partial charge in [0.2, 0.25) is 0 Å². The van der Waals surface area contributed by atoms with E-state index in [1.165, 1.54) is 6.33 Å². The number of carbonyl (C=O) groups is 2. The predicted molar refractivity (Wildman–Crippen MR) is 133 cm³/mol. The molecule has 0 saturated carbocycles. The summed E-state index contributed by atoms with van der Waals surface area (Å²) >= 11 is 6.32. The lowest BCUT2D eigenvalue weighted by Crippen LogP contribution is -2.35. The van der Waals surface area contributed by atoms with Crippen molar-refractivity contribution in [3.05, 3.63) is 95.0 Å². The minimum atomic E-state index is -0.694. The molecule has 4 aromatic rings. The van der Waals surface area contributed by atoms with Crippen LogP contribution in [0.4, 0.5) is 0 Å². The summed E-state index contributed by atoms with van der Waals surface area (Å²) in [5, 5.41) is 1.08. The molecule has 5 rings (SSSR count). The molecule has 36 heavy (non-hydrogen) atoms. The van der Waals surface area contributed by atoms with Gasteiger partial charge in [-0.2, -0.15) is 0 Å². The minimum absolute atomic E-state index is 0.0881. The highest BCUT2D eigenvalue weighted by Gasteiger charge is 2.46. The summed E-state index contributed by atoms with van der Waals surface area (Å²) in [6.07, 6.45) is 1.37. The van der Waals surface area contributed by atoms with Crippen molar-refractivity contribution >= 4 is 34.6 Å². The van der Waals surface area contributed by atoms with Gasteiger partial charge >= 0.3 is 11.9 Å². The Morgan fingerprint density at radius 3 is 2.31 bits per heavy atom. The van der Waals surface area contributed by atoms with Crippen molar-refractivity contribution in [1.82, 2.24) is 14.5 Å². The molecule has 0 aliphatic carbocycles. The number of benzene rings is 2. The molecule has 9 heteroatoms. The van der Waals surface area contributed by atoms with E-state index in [1.54, 1.807) is 48.5 Å². The van der Waals surface area contributed by atoms with E-state index in [1.807, 2.05) is 36.7 Å². The molecule has 1 saturated heterocycles. The molecule has 0 N–H and O–H groups in total. The number of carbonyl (C=O) groups excluding carboxylic acids is 2. The maximum Gasteiger partial charge on any atom is 0.338 e. The van der Waals surface area contributed by atoms with Crippen molar-refractivity contribution in [2.24, 2.45) is 5.92 Å². The van der Waals surface area contributed by atoms with Crippen LogP contribution in [0, 0.1) is 12.8 Å². The molecule has 1 fully saturated rings. The van der Waals surface area contributed by atoms with Crippen LogP contribution in [0.5, 0.6) is 0 Å². The average Bonchev–Trinajstić information content (AvgIpc) is 3.40. The number of hydrogen-bond donors (Lipinski definition) is 0. The first kappa shape index (κ1) is 24.0. The quantitative estimate of drug-likeness (QED) is 0.268. The van der Waals surface area contributed by atoms with Gasteiger partial charge in [-0.1, -0.05) is 54.9 Å².